The maximum absolute atomic E-state index is 5.59. The predicted octanol–water partition coefficient (Wildman–Crippen LogP) is 2.47. The zero-order valence-electron chi connectivity index (χ0n) is 10.6. The molecule has 1 aromatic heterocycles. The number of aryl methyl sites for hydroxylation is 1. The Labute approximate surface area is 126 Å². The number of nitrogens with two attached hydrogens (primary N) is 1. The van der Waals surface area contributed by atoms with E-state index in [1.54, 1.807) is 0 Å². The first-order chi connectivity index (χ1) is 9.06. The fraction of sp³-hybridized carbons (Fsp3) is 0.231. The third kappa shape index (κ3) is 3.78. The summed E-state index contributed by atoms with van der Waals surface area (Å²) in [4.78, 5) is 0.405. The van der Waals surface area contributed by atoms with E-state index in [2.05, 4.69) is 26.3 Å². The Hall–Kier alpha value is -1.40. The van der Waals surface area contributed by atoms with Crippen LogP contribution in [-0.4, -0.2) is 21.3 Å². The van der Waals surface area contributed by atoms with Gasteiger partial charge in [0.25, 0.3) is 0 Å². The molecule has 1 heterocycles. The van der Waals surface area contributed by atoms with Gasteiger partial charge < -0.3 is 11.1 Å². The van der Waals surface area contributed by atoms with Crippen molar-refractivity contribution in [1.29, 1.82) is 0 Å². The van der Waals surface area contributed by atoms with E-state index in [1.807, 2.05) is 42.3 Å². The van der Waals surface area contributed by atoms with Crippen LogP contribution in [0.25, 0.3) is 0 Å². The first kappa shape index (κ1) is 14.0. The number of thiocarbonyl (C=S) groups is 1. The Balaban J connectivity index is 1.94. The molecule has 0 aliphatic rings. The zero-order valence-corrected chi connectivity index (χ0v) is 13.0. The molecular weight excluding hydrogens is 324 g/mol. The van der Waals surface area contributed by atoms with Crippen molar-refractivity contribution in [3.05, 3.63) is 46.2 Å². The average Bonchev–Trinajstić information content (AvgIpc) is 2.77. The number of hydrogen-bond donors (Lipinski definition) is 2. The number of nitrogens with one attached hydrogen (secondary N) is 1. The molecule has 0 aliphatic heterocycles. The number of nitrogens with zero attached hydrogens (tertiary/aromatic N) is 2. The van der Waals surface area contributed by atoms with Crippen molar-refractivity contribution in [3.63, 3.8) is 0 Å². The topological polar surface area (TPSA) is 55.9 Å². The van der Waals surface area contributed by atoms with E-state index in [9.17, 15) is 0 Å². The molecule has 0 saturated heterocycles. The van der Waals surface area contributed by atoms with Gasteiger partial charge in [0.15, 0.2) is 0 Å². The largest absolute Gasteiger partial charge is 0.389 e. The van der Waals surface area contributed by atoms with Gasteiger partial charge in [-0.2, -0.15) is 5.10 Å². The van der Waals surface area contributed by atoms with Crippen LogP contribution in [0.3, 0.4) is 0 Å². The monoisotopic (exact) mass is 338 g/mol. The van der Waals surface area contributed by atoms with Gasteiger partial charge in [-0.25, -0.2) is 0 Å². The highest BCUT2D eigenvalue weighted by Gasteiger charge is 2.03. The van der Waals surface area contributed by atoms with Crippen LogP contribution in [-0.2, 0) is 13.5 Å². The molecule has 0 spiro atoms. The van der Waals surface area contributed by atoms with E-state index in [0.29, 0.717) is 4.99 Å². The molecule has 0 bridgehead atoms. The minimum atomic E-state index is 0.405. The van der Waals surface area contributed by atoms with E-state index in [-0.39, 0.29) is 0 Å². The van der Waals surface area contributed by atoms with Crippen LogP contribution in [0, 0.1) is 0 Å². The summed E-state index contributed by atoms with van der Waals surface area (Å²) in [5.41, 5.74) is 8.70. The molecule has 19 heavy (non-hydrogen) atoms. The lowest BCUT2D eigenvalue weighted by atomic mass is 10.2. The first-order valence-electron chi connectivity index (χ1n) is 5.87. The lowest BCUT2D eigenvalue weighted by Gasteiger charge is -2.09. The minimum Gasteiger partial charge on any atom is -0.389 e. The number of aromatic nitrogens is 2. The summed E-state index contributed by atoms with van der Waals surface area (Å²) >= 11 is 8.46. The summed E-state index contributed by atoms with van der Waals surface area (Å²) in [5, 5.41) is 7.51. The van der Waals surface area contributed by atoms with E-state index in [0.717, 1.165) is 28.7 Å². The fourth-order valence-electron chi connectivity index (χ4n) is 1.75. The molecule has 0 amide bonds. The van der Waals surface area contributed by atoms with E-state index in [1.165, 1.54) is 5.56 Å². The number of rotatable bonds is 5. The third-order valence-corrected chi connectivity index (χ3v) is 3.63. The van der Waals surface area contributed by atoms with E-state index < -0.39 is 0 Å². The van der Waals surface area contributed by atoms with Gasteiger partial charge in [-0.15, -0.1) is 0 Å². The maximum Gasteiger partial charge on any atom is 0.104 e. The van der Waals surface area contributed by atoms with Gasteiger partial charge in [-0.1, -0.05) is 12.2 Å². The quantitative estimate of drug-likeness (QED) is 0.822. The third-order valence-electron chi connectivity index (χ3n) is 2.74. The molecule has 0 radical (unpaired) electrons. The zero-order chi connectivity index (χ0) is 13.8. The van der Waals surface area contributed by atoms with E-state index >= 15 is 0 Å². The van der Waals surface area contributed by atoms with Crippen LogP contribution < -0.4 is 11.1 Å². The Morgan fingerprint density at radius 2 is 2.32 bits per heavy atom. The summed E-state index contributed by atoms with van der Waals surface area (Å²) < 4.78 is 2.77. The second kappa shape index (κ2) is 6.16. The van der Waals surface area contributed by atoms with Crippen LogP contribution in [0.2, 0.25) is 0 Å². The summed E-state index contributed by atoms with van der Waals surface area (Å²) in [6.45, 7) is 0.844. The molecule has 0 saturated carbocycles. The smallest absolute Gasteiger partial charge is 0.104 e. The summed E-state index contributed by atoms with van der Waals surface area (Å²) in [5.74, 6) is 0. The predicted molar refractivity (Wildman–Crippen MR) is 85.4 cm³/mol. The Kier molecular flexibility index (Phi) is 4.55. The molecule has 100 valence electrons. The number of halogens is 1. The van der Waals surface area contributed by atoms with Crippen molar-refractivity contribution >= 4 is 38.8 Å². The second-order valence-electron chi connectivity index (χ2n) is 4.26. The van der Waals surface area contributed by atoms with Gasteiger partial charge >= 0.3 is 0 Å². The molecule has 2 rings (SSSR count). The number of anilines is 1. The Morgan fingerprint density at radius 3 is 2.89 bits per heavy atom. The SMILES string of the molecule is Cn1cc(CCNc2ccc(C(N)=S)cc2Br)cn1. The highest BCUT2D eigenvalue weighted by molar-refractivity contribution is 9.10. The van der Waals surface area contributed by atoms with Crippen molar-refractivity contribution in [2.75, 3.05) is 11.9 Å². The van der Waals surface area contributed by atoms with Crippen molar-refractivity contribution in [2.45, 2.75) is 6.42 Å². The lowest BCUT2D eigenvalue weighted by Crippen LogP contribution is -2.10. The van der Waals surface area contributed by atoms with Gasteiger partial charge in [0.2, 0.25) is 0 Å². The van der Waals surface area contributed by atoms with Gasteiger partial charge in [-0.3, -0.25) is 4.68 Å². The fourth-order valence-corrected chi connectivity index (χ4v) is 2.40. The molecule has 1 aromatic carbocycles. The molecule has 0 fully saturated rings. The van der Waals surface area contributed by atoms with Crippen LogP contribution in [0.15, 0.2) is 35.1 Å². The number of benzene rings is 1. The standard InChI is InChI=1S/C13H15BrN4S/c1-18-8-9(7-17-18)4-5-16-12-3-2-10(13(15)19)6-11(12)14/h2-3,6-8,16H,4-5H2,1H3,(H2,15,19). The van der Waals surface area contributed by atoms with Gasteiger partial charge in [0, 0.05) is 35.5 Å². The van der Waals surface area contributed by atoms with Crippen LogP contribution >= 0.6 is 28.1 Å². The van der Waals surface area contributed by atoms with Gasteiger partial charge in [-0.05, 0) is 46.1 Å². The maximum atomic E-state index is 5.59. The van der Waals surface area contributed by atoms with Crippen molar-refractivity contribution in [2.24, 2.45) is 12.8 Å². The summed E-state index contributed by atoms with van der Waals surface area (Å²) in [7, 11) is 1.92. The van der Waals surface area contributed by atoms with Crippen molar-refractivity contribution in [3.8, 4) is 0 Å². The van der Waals surface area contributed by atoms with Gasteiger partial charge in [0.05, 0.1) is 6.20 Å². The summed E-state index contributed by atoms with van der Waals surface area (Å²) in [6.07, 6.45) is 4.83. The highest BCUT2D eigenvalue weighted by Crippen LogP contribution is 2.23. The first-order valence-corrected chi connectivity index (χ1v) is 7.07. The average molecular weight is 339 g/mol. The highest BCUT2D eigenvalue weighted by atomic mass is 79.9. The van der Waals surface area contributed by atoms with Crippen molar-refractivity contribution in [1.82, 2.24) is 9.78 Å². The minimum absolute atomic E-state index is 0.405. The van der Waals surface area contributed by atoms with Crippen molar-refractivity contribution < 1.29 is 0 Å². The van der Waals surface area contributed by atoms with Gasteiger partial charge in [0.1, 0.15) is 4.99 Å². The molecule has 0 aliphatic carbocycles. The molecule has 3 N–H and O–H groups in total. The summed E-state index contributed by atoms with van der Waals surface area (Å²) in [6, 6.07) is 5.82. The lowest BCUT2D eigenvalue weighted by molar-refractivity contribution is 0.767. The molecule has 4 nitrogen and oxygen atoms in total. The Bertz CT molecular complexity index is 594. The van der Waals surface area contributed by atoms with E-state index in [4.69, 9.17) is 18.0 Å². The van der Waals surface area contributed by atoms with Crippen LogP contribution in [0.5, 0.6) is 0 Å². The normalized spacial score (nSPS) is 10.4. The molecule has 0 unspecified atom stereocenters. The molecule has 6 heteroatoms. The molecular formula is C13H15BrN4S. The number of hydrogen-bond acceptors (Lipinski definition) is 3. The second-order valence-corrected chi connectivity index (χ2v) is 5.55. The van der Waals surface area contributed by atoms with Crippen LogP contribution in [0.1, 0.15) is 11.1 Å². The molecule has 2 aromatic rings. The molecule has 0 atom stereocenters. The Morgan fingerprint density at radius 1 is 1.53 bits per heavy atom. The van der Waals surface area contributed by atoms with Crippen LogP contribution in [0.4, 0.5) is 5.69 Å².